The van der Waals surface area contributed by atoms with Gasteiger partial charge in [-0.15, -0.1) is 10.2 Å². The molecule has 1 atom stereocenters. The number of tetrazole rings is 1. The number of thioether (sulfide) groups is 1. The molecule has 3 rings (SSSR count). The van der Waals surface area contributed by atoms with Crippen LogP contribution in [0.3, 0.4) is 0 Å². The Morgan fingerprint density at radius 2 is 2.21 bits per heavy atom. The third-order valence-corrected chi connectivity index (χ3v) is 5.41. The summed E-state index contributed by atoms with van der Waals surface area (Å²) in [6.45, 7) is 6.96. The van der Waals surface area contributed by atoms with Crippen molar-refractivity contribution in [3.05, 3.63) is 40.2 Å². The zero-order chi connectivity index (χ0) is 17.3. The summed E-state index contributed by atoms with van der Waals surface area (Å²) in [7, 11) is 0. The summed E-state index contributed by atoms with van der Waals surface area (Å²) in [5, 5.41) is 14.8. The van der Waals surface area contributed by atoms with Crippen molar-refractivity contribution >= 4 is 29.3 Å². The Hall–Kier alpha value is -1.60. The fourth-order valence-electron chi connectivity index (χ4n) is 2.79. The maximum Gasteiger partial charge on any atom is 0.254 e. The molecular formula is C16H20ClN5OS. The second kappa shape index (κ2) is 6.72. The summed E-state index contributed by atoms with van der Waals surface area (Å²) in [6.07, 6.45) is 0. The normalized spacial score (nSPS) is 18.7. The highest BCUT2D eigenvalue weighted by molar-refractivity contribution is 7.99. The first-order valence-electron chi connectivity index (χ1n) is 7.80. The minimum Gasteiger partial charge on any atom is -0.327 e. The molecular weight excluding hydrogens is 346 g/mol. The predicted octanol–water partition coefficient (Wildman–Crippen LogP) is 3.08. The molecule has 1 N–H and O–H groups in total. The number of amides is 1. The van der Waals surface area contributed by atoms with Crippen molar-refractivity contribution in [1.82, 2.24) is 25.5 Å². The van der Waals surface area contributed by atoms with Crippen molar-refractivity contribution in [1.29, 1.82) is 0 Å². The smallest absolute Gasteiger partial charge is 0.254 e. The topological polar surface area (TPSA) is 74.8 Å². The van der Waals surface area contributed by atoms with E-state index in [0.717, 1.165) is 17.1 Å². The number of carbonyl (C=O) groups excluding carboxylic acids is 1. The molecule has 1 saturated heterocycles. The molecule has 2 aromatic rings. The van der Waals surface area contributed by atoms with Crippen LogP contribution >= 0.6 is 23.4 Å². The van der Waals surface area contributed by atoms with Gasteiger partial charge in [0.25, 0.3) is 5.91 Å². The molecule has 8 heteroatoms. The van der Waals surface area contributed by atoms with Gasteiger partial charge in [-0.3, -0.25) is 4.79 Å². The van der Waals surface area contributed by atoms with E-state index in [2.05, 4.69) is 41.4 Å². The summed E-state index contributed by atoms with van der Waals surface area (Å²) in [6, 6.07) is 5.39. The highest BCUT2D eigenvalue weighted by atomic mass is 35.5. The monoisotopic (exact) mass is 365 g/mol. The van der Waals surface area contributed by atoms with E-state index < -0.39 is 0 Å². The van der Waals surface area contributed by atoms with Crippen molar-refractivity contribution in [2.24, 2.45) is 0 Å². The SMILES string of the molecule is CC(C)(C)c1ccc(C(=O)N2CCSCC2c2nn[nH]n2)cc1Cl. The number of carbonyl (C=O) groups is 1. The molecule has 1 aromatic carbocycles. The van der Waals surface area contributed by atoms with Crippen molar-refractivity contribution in [3.63, 3.8) is 0 Å². The molecule has 0 aliphatic carbocycles. The maximum absolute atomic E-state index is 13.0. The molecule has 128 valence electrons. The number of nitrogens with zero attached hydrogens (tertiary/aromatic N) is 4. The maximum atomic E-state index is 13.0. The Morgan fingerprint density at radius 3 is 2.83 bits per heavy atom. The van der Waals surface area contributed by atoms with Crippen LogP contribution in [0.2, 0.25) is 5.02 Å². The average Bonchev–Trinajstić information content (AvgIpc) is 3.07. The Bertz CT molecular complexity index is 729. The lowest BCUT2D eigenvalue weighted by Gasteiger charge is -2.33. The Morgan fingerprint density at radius 1 is 1.42 bits per heavy atom. The van der Waals surface area contributed by atoms with E-state index in [1.54, 1.807) is 17.8 Å². The van der Waals surface area contributed by atoms with Gasteiger partial charge >= 0.3 is 0 Å². The minimum absolute atomic E-state index is 0.0486. The van der Waals surface area contributed by atoms with Gasteiger partial charge in [-0.2, -0.15) is 17.0 Å². The molecule has 24 heavy (non-hydrogen) atoms. The number of rotatable bonds is 2. The lowest BCUT2D eigenvalue weighted by molar-refractivity contribution is 0.0694. The summed E-state index contributed by atoms with van der Waals surface area (Å²) in [4.78, 5) is 14.8. The molecule has 1 fully saturated rings. The average molecular weight is 366 g/mol. The number of hydrogen-bond acceptors (Lipinski definition) is 5. The molecule has 1 aromatic heterocycles. The van der Waals surface area contributed by atoms with Crippen LogP contribution in [0, 0.1) is 0 Å². The number of nitrogens with one attached hydrogen (secondary N) is 1. The standard InChI is InChI=1S/C16H20ClN5OS/c1-16(2,3)11-5-4-10(8-12(11)17)15(23)22-6-7-24-9-13(22)14-18-20-21-19-14/h4-5,8,13H,6-7,9H2,1-3H3,(H,18,19,20,21). The van der Waals surface area contributed by atoms with Crippen molar-refractivity contribution in [2.45, 2.75) is 32.2 Å². The Labute approximate surface area is 150 Å². The third kappa shape index (κ3) is 3.42. The van der Waals surface area contributed by atoms with Crippen molar-refractivity contribution in [2.75, 3.05) is 18.1 Å². The fourth-order valence-corrected chi connectivity index (χ4v) is 4.30. The van der Waals surface area contributed by atoms with Crippen LogP contribution < -0.4 is 0 Å². The van der Waals surface area contributed by atoms with E-state index >= 15 is 0 Å². The van der Waals surface area contributed by atoms with Gasteiger partial charge in [-0.1, -0.05) is 43.7 Å². The molecule has 1 aliphatic heterocycles. The summed E-state index contributed by atoms with van der Waals surface area (Å²) in [5.74, 6) is 2.16. The second-order valence-electron chi connectivity index (χ2n) is 6.80. The van der Waals surface area contributed by atoms with E-state index in [0.29, 0.717) is 23.0 Å². The van der Waals surface area contributed by atoms with Gasteiger partial charge in [0.05, 0.1) is 0 Å². The van der Waals surface area contributed by atoms with E-state index in [1.807, 2.05) is 17.0 Å². The van der Waals surface area contributed by atoms with Crippen LogP contribution in [-0.4, -0.2) is 49.5 Å². The number of aromatic amines is 1. The highest BCUT2D eigenvalue weighted by Crippen LogP contribution is 2.32. The molecule has 2 heterocycles. The molecule has 1 unspecified atom stereocenters. The van der Waals surface area contributed by atoms with Gasteiger partial charge < -0.3 is 4.90 Å². The first-order valence-corrected chi connectivity index (χ1v) is 9.33. The van der Waals surface area contributed by atoms with Gasteiger partial charge in [-0.05, 0) is 23.1 Å². The molecule has 0 spiro atoms. The van der Waals surface area contributed by atoms with Crippen LogP contribution in [0.5, 0.6) is 0 Å². The Balaban J connectivity index is 1.88. The van der Waals surface area contributed by atoms with Gasteiger partial charge in [0.15, 0.2) is 5.82 Å². The number of aromatic nitrogens is 4. The first-order chi connectivity index (χ1) is 11.4. The second-order valence-corrected chi connectivity index (χ2v) is 8.36. The number of benzene rings is 1. The van der Waals surface area contributed by atoms with Crippen LogP contribution in [0.25, 0.3) is 0 Å². The van der Waals surface area contributed by atoms with Gasteiger partial charge in [0, 0.05) is 28.6 Å². The quantitative estimate of drug-likeness (QED) is 0.885. The van der Waals surface area contributed by atoms with Gasteiger partial charge in [0.1, 0.15) is 6.04 Å². The van der Waals surface area contributed by atoms with Crippen LogP contribution in [0.15, 0.2) is 18.2 Å². The minimum atomic E-state index is -0.170. The fraction of sp³-hybridized carbons (Fsp3) is 0.500. The molecule has 0 saturated carbocycles. The summed E-state index contributed by atoms with van der Waals surface area (Å²) in [5.41, 5.74) is 1.56. The molecule has 1 aliphatic rings. The van der Waals surface area contributed by atoms with Crippen molar-refractivity contribution < 1.29 is 4.79 Å². The van der Waals surface area contributed by atoms with Gasteiger partial charge in [0.2, 0.25) is 0 Å². The summed E-state index contributed by atoms with van der Waals surface area (Å²) < 4.78 is 0. The lowest BCUT2D eigenvalue weighted by Crippen LogP contribution is -2.41. The van der Waals surface area contributed by atoms with Crippen LogP contribution in [0.4, 0.5) is 0 Å². The number of halogens is 1. The molecule has 0 radical (unpaired) electrons. The molecule has 6 nitrogen and oxygen atoms in total. The largest absolute Gasteiger partial charge is 0.327 e. The van der Waals surface area contributed by atoms with E-state index in [4.69, 9.17) is 11.6 Å². The number of hydrogen-bond donors (Lipinski definition) is 1. The molecule has 0 bridgehead atoms. The Kier molecular flexibility index (Phi) is 4.83. The van der Waals surface area contributed by atoms with Crippen LogP contribution in [0.1, 0.15) is 48.6 Å². The van der Waals surface area contributed by atoms with E-state index in [9.17, 15) is 4.79 Å². The van der Waals surface area contributed by atoms with Gasteiger partial charge in [-0.25, -0.2) is 0 Å². The van der Waals surface area contributed by atoms with Crippen LogP contribution in [-0.2, 0) is 5.41 Å². The summed E-state index contributed by atoms with van der Waals surface area (Å²) >= 11 is 8.20. The molecule has 1 amide bonds. The first kappa shape index (κ1) is 17.2. The highest BCUT2D eigenvalue weighted by Gasteiger charge is 2.32. The lowest BCUT2D eigenvalue weighted by atomic mass is 9.86. The van der Waals surface area contributed by atoms with E-state index in [-0.39, 0.29) is 17.4 Å². The third-order valence-electron chi connectivity index (χ3n) is 4.07. The zero-order valence-electron chi connectivity index (χ0n) is 13.9. The predicted molar refractivity (Wildman–Crippen MR) is 95.4 cm³/mol. The van der Waals surface area contributed by atoms with E-state index in [1.165, 1.54) is 0 Å². The number of H-pyrrole nitrogens is 1. The van der Waals surface area contributed by atoms with Crippen molar-refractivity contribution in [3.8, 4) is 0 Å². The zero-order valence-corrected chi connectivity index (χ0v) is 15.5.